The maximum Gasteiger partial charge on any atom is 0.222 e. The second kappa shape index (κ2) is 10.9. The van der Waals surface area contributed by atoms with Crippen LogP contribution in [0.5, 0.6) is 0 Å². The van der Waals surface area contributed by atoms with Gasteiger partial charge in [0.05, 0.1) is 11.4 Å². The molecule has 0 bridgehead atoms. The third kappa shape index (κ3) is 5.69. The van der Waals surface area contributed by atoms with Crippen LogP contribution in [-0.2, 0) is 11.3 Å². The standard InChI is InChI=1S/C30H32Cl2N4O/c1-20(2)16-29(37)35-14-12-34(13-15-35)19-27-30(22-4-7-24(31)8-5-22)33-28-11-6-23(18-36(27)28)26-10-9-25(32)17-21(26)3/h4-11,17-18,20H,12-16,19H2,1-3H3. The number of amides is 1. The first-order valence-electron chi connectivity index (χ1n) is 12.8. The molecule has 5 nitrogen and oxygen atoms in total. The molecule has 1 amide bonds. The van der Waals surface area contributed by atoms with E-state index in [0.29, 0.717) is 17.4 Å². The highest BCUT2D eigenvalue weighted by Gasteiger charge is 2.24. The van der Waals surface area contributed by atoms with E-state index < -0.39 is 0 Å². The van der Waals surface area contributed by atoms with Gasteiger partial charge in [0.1, 0.15) is 5.65 Å². The van der Waals surface area contributed by atoms with E-state index in [2.05, 4.69) is 54.5 Å². The first kappa shape index (κ1) is 25.8. The zero-order chi connectivity index (χ0) is 26.1. The first-order valence-corrected chi connectivity index (χ1v) is 13.6. The van der Waals surface area contributed by atoms with Crippen molar-refractivity contribution in [2.24, 2.45) is 5.92 Å². The second-order valence-corrected chi connectivity index (χ2v) is 11.1. The van der Waals surface area contributed by atoms with Crippen LogP contribution in [0.15, 0.2) is 60.8 Å². The molecule has 0 saturated carbocycles. The molecule has 5 rings (SSSR count). The molecule has 192 valence electrons. The van der Waals surface area contributed by atoms with Gasteiger partial charge in [-0.05, 0) is 65.9 Å². The summed E-state index contributed by atoms with van der Waals surface area (Å²) in [6.45, 7) is 10.2. The van der Waals surface area contributed by atoms with E-state index in [0.717, 1.165) is 77.0 Å². The lowest BCUT2D eigenvalue weighted by Crippen LogP contribution is -2.48. The minimum atomic E-state index is 0.259. The number of rotatable bonds is 6. The Bertz CT molecular complexity index is 1420. The van der Waals surface area contributed by atoms with Gasteiger partial charge in [-0.15, -0.1) is 0 Å². The van der Waals surface area contributed by atoms with Crippen LogP contribution in [0.4, 0.5) is 0 Å². The summed E-state index contributed by atoms with van der Waals surface area (Å²) in [5.74, 6) is 0.637. The smallest absolute Gasteiger partial charge is 0.222 e. The number of pyridine rings is 1. The van der Waals surface area contributed by atoms with Gasteiger partial charge >= 0.3 is 0 Å². The van der Waals surface area contributed by atoms with Gasteiger partial charge in [0.2, 0.25) is 5.91 Å². The van der Waals surface area contributed by atoms with Crippen LogP contribution < -0.4 is 0 Å². The largest absolute Gasteiger partial charge is 0.340 e. The number of hydrogen-bond donors (Lipinski definition) is 0. The summed E-state index contributed by atoms with van der Waals surface area (Å²) in [5.41, 5.74) is 7.43. The molecule has 1 aliphatic rings. The molecule has 2 aromatic heterocycles. The van der Waals surface area contributed by atoms with Crippen LogP contribution in [-0.4, -0.2) is 51.3 Å². The number of hydrogen-bond acceptors (Lipinski definition) is 3. The van der Waals surface area contributed by atoms with E-state index in [1.807, 2.05) is 41.3 Å². The molecular formula is C30H32Cl2N4O. The van der Waals surface area contributed by atoms with Crippen LogP contribution in [0.3, 0.4) is 0 Å². The number of fused-ring (bicyclic) bond motifs is 1. The Morgan fingerprint density at radius 1 is 0.919 bits per heavy atom. The molecule has 2 aromatic carbocycles. The van der Waals surface area contributed by atoms with Crippen molar-refractivity contribution in [2.45, 2.75) is 33.7 Å². The van der Waals surface area contributed by atoms with Gasteiger partial charge in [0, 0.05) is 61.0 Å². The third-order valence-electron chi connectivity index (χ3n) is 7.02. The summed E-state index contributed by atoms with van der Waals surface area (Å²) in [7, 11) is 0. The number of halogens is 2. The summed E-state index contributed by atoms with van der Waals surface area (Å²) < 4.78 is 2.21. The molecule has 0 aliphatic carbocycles. The number of aryl methyl sites for hydroxylation is 1. The van der Waals surface area contributed by atoms with Crippen LogP contribution in [0.25, 0.3) is 28.0 Å². The molecule has 7 heteroatoms. The van der Waals surface area contributed by atoms with Gasteiger partial charge in [-0.1, -0.05) is 55.2 Å². The van der Waals surface area contributed by atoms with E-state index in [1.54, 1.807) is 0 Å². The summed E-state index contributed by atoms with van der Waals surface area (Å²) in [6, 6.07) is 18.1. The Morgan fingerprint density at radius 2 is 1.59 bits per heavy atom. The quantitative estimate of drug-likeness (QED) is 0.268. The number of imidazole rings is 1. The second-order valence-electron chi connectivity index (χ2n) is 10.3. The fourth-order valence-electron chi connectivity index (χ4n) is 5.04. The Labute approximate surface area is 228 Å². The van der Waals surface area contributed by atoms with Gasteiger partial charge in [-0.25, -0.2) is 4.98 Å². The lowest BCUT2D eigenvalue weighted by atomic mass is 10.0. The van der Waals surface area contributed by atoms with Crippen molar-refractivity contribution in [3.8, 4) is 22.4 Å². The minimum Gasteiger partial charge on any atom is -0.340 e. The zero-order valence-electron chi connectivity index (χ0n) is 21.5. The molecule has 0 spiro atoms. The number of carbonyl (C=O) groups excluding carboxylic acids is 1. The summed E-state index contributed by atoms with van der Waals surface area (Å²) >= 11 is 12.4. The van der Waals surface area contributed by atoms with E-state index in [9.17, 15) is 4.79 Å². The number of benzene rings is 2. The molecule has 1 aliphatic heterocycles. The maximum absolute atomic E-state index is 12.6. The number of aromatic nitrogens is 2. The summed E-state index contributed by atoms with van der Waals surface area (Å²) in [4.78, 5) is 22.0. The highest BCUT2D eigenvalue weighted by Crippen LogP contribution is 2.31. The SMILES string of the molecule is Cc1cc(Cl)ccc1-c1ccc2nc(-c3ccc(Cl)cc3)c(CN3CCN(C(=O)CC(C)C)CC3)n2c1. The van der Waals surface area contributed by atoms with E-state index in [4.69, 9.17) is 28.2 Å². The summed E-state index contributed by atoms with van der Waals surface area (Å²) in [6.07, 6.45) is 2.79. The lowest BCUT2D eigenvalue weighted by Gasteiger charge is -2.35. The van der Waals surface area contributed by atoms with E-state index >= 15 is 0 Å². The van der Waals surface area contributed by atoms with Crippen LogP contribution in [0.1, 0.15) is 31.5 Å². The molecular weight excluding hydrogens is 503 g/mol. The molecule has 4 aromatic rings. The van der Waals surface area contributed by atoms with Crippen LogP contribution in [0.2, 0.25) is 10.0 Å². The molecule has 0 N–H and O–H groups in total. The normalized spacial score (nSPS) is 14.6. The van der Waals surface area contributed by atoms with Gasteiger partial charge in [-0.2, -0.15) is 0 Å². The molecule has 0 atom stereocenters. The molecule has 3 heterocycles. The number of piperazine rings is 1. The Morgan fingerprint density at radius 3 is 2.27 bits per heavy atom. The zero-order valence-corrected chi connectivity index (χ0v) is 23.1. The third-order valence-corrected chi connectivity index (χ3v) is 7.50. The highest BCUT2D eigenvalue weighted by atomic mass is 35.5. The fraction of sp³-hybridized carbons (Fsp3) is 0.333. The van der Waals surface area contributed by atoms with E-state index in [1.165, 1.54) is 0 Å². The van der Waals surface area contributed by atoms with Crippen molar-refractivity contribution in [3.05, 3.63) is 82.1 Å². The first-order chi connectivity index (χ1) is 17.8. The van der Waals surface area contributed by atoms with Crippen LogP contribution >= 0.6 is 23.2 Å². The maximum atomic E-state index is 12.6. The average molecular weight is 536 g/mol. The molecule has 1 saturated heterocycles. The average Bonchev–Trinajstić information content (AvgIpc) is 3.22. The topological polar surface area (TPSA) is 40.9 Å². The van der Waals surface area contributed by atoms with Gasteiger partial charge in [0.15, 0.2) is 0 Å². The highest BCUT2D eigenvalue weighted by molar-refractivity contribution is 6.31. The Kier molecular flexibility index (Phi) is 7.57. The number of nitrogens with zero attached hydrogens (tertiary/aromatic N) is 4. The van der Waals surface area contributed by atoms with Crippen molar-refractivity contribution in [3.63, 3.8) is 0 Å². The molecule has 0 radical (unpaired) electrons. The molecule has 1 fully saturated rings. The molecule has 0 unspecified atom stereocenters. The Hall–Kier alpha value is -2.86. The number of carbonyl (C=O) groups is 1. The summed E-state index contributed by atoms with van der Waals surface area (Å²) in [5, 5.41) is 1.44. The predicted octanol–water partition coefficient (Wildman–Crippen LogP) is 6.97. The van der Waals surface area contributed by atoms with Crippen LogP contribution in [0, 0.1) is 12.8 Å². The van der Waals surface area contributed by atoms with Gasteiger partial charge in [0.25, 0.3) is 0 Å². The van der Waals surface area contributed by atoms with Gasteiger partial charge in [-0.3, -0.25) is 9.69 Å². The lowest BCUT2D eigenvalue weighted by molar-refractivity contribution is -0.133. The van der Waals surface area contributed by atoms with Crippen molar-refractivity contribution in [1.29, 1.82) is 0 Å². The van der Waals surface area contributed by atoms with E-state index in [-0.39, 0.29) is 5.91 Å². The van der Waals surface area contributed by atoms with Crippen molar-refractivity contribution < 1.29 is 4.79 Å². The minimum absolute atomic E-state index is 0.259. The monoisotopic (exact) mass is 534 g/mol. The fourth-order valence-corrected chi connectivity index (χ4v) is 5.39. The Balaban J connectivity index is 1.49. The van der Waals surface area contributed by atoms with Crippen molar-refractivity contribution in [2.75, 3.05) is 26.2 Å². The molecule has 37 heavy (non-hydrogen) atoms. The van der Waals surface area contributed by atoms with Crippen molar-refractivity contribution >= 4 is 34.8 Å². The van der Waals surface area contributed by atoms with Crippen molar-refractivity contribution in [1.82, 2.24) is 19.2 Å². The van der Waals surface area contributed by atoms with Gasteiger partial charge < -0.3 is 9.30 Å². The predicted molar refractivity (Wildman–Crippen MR) is 152 cm³/mol.